The number of hydrogen-bond acceptors (Lipinski definition) is 5. The molecule has 0 radical (unpaired) electrons. The van der Waals surface area contributed by atoms with E-state index in [0.29, 0.717) is 49.0 Å². The van der Waals surface area contributed by atoms with Crippen LogP contribution in [0.15, 0.2) is 42.7 Å². The third-order valence-electron chi connectivity index (χ3n) is 6.00. The van der Waals surface area contributed by atoms with Crippen LogP contribution in [0.5, 0.6) is 11.5 Å². The number of benzene rings is 1. The van der Waals surface area contributed by atoms with Crippen molar-refractivity contribution in [3.05, 3.63) is 53.9 Å². The quantitative estimate of drug-likeness (QED) is 0.702. The van der Waals surface area contributed by atoms with Crippen molar-refractivity contribution in [2.45, 2.75) is 32.7 Å². The Morgan fingerprint density at radius 3 is 2.65 bits per heavy atom. The predicted octanol–water partition coefficient (Wildman–Crippen LogP) is 3.29. The average Bonchev–Trinajstić information content (AvgIpc) is 2.82. The Balaban J connectivity index is 1.53. The normalized spacial score (nSPS) is 18.4. The summed E-state index contributed by atoms with van der Waals surface area (Å²) in [4.78, 5) is 31.3. The van der Waals surface area contributed by atoms with E-state index < -0.39 is 0 Å². The molecule has 1 N–H and O–H groups in total. The van der Waals surface area contributed by atoms with E-state index in [1.807, 2.05) is 23.1 Å². The molecular formula is C24H31N3O4. The van der Waals surface area contributed by atoms with Gasteiger partial charge < -0.3 is 19.7 Å². The predicted molar refractivity (Wildman–Crippen MR) is 118 cm³/mol. The summed E-state index contributed by atoms with van der Waals surface area (Å²) in [5.41, 5.74) is 1.57. The molecule has 1 aliphatic heterocycles. The van der Waals surface area contributed by atoms with Crippen LogP contribution in [0.4, 0.5) is 0 Å². The first-order valence-electron chi connectivity index (χ1n) is 10.7. The van der Waals surface area contributed by atoms with Crippen molar-refractivity contribution in [2.75, 3.05) is 27.3 Å². The number of pyridine rings is 1. The molecule has 1 aromatic carbocycles. The molecule has 166 valence electrons. The van der Waals surface area contributed by atoms with Crippen LogP contribution < -0.4 is 14.8 Å². The number of ether oxygens (including phenoxy) is 2. The van der Waals surface area contributed by atoms with Crippen molar-refractivity contribution in [1.82, 2.24) is 15.2 Å². The number of carbonyl (C=O) groups is 2. The standard InChI is InChI=1S/C24H31N3O4/c1-4-18-16-27(24(29)20-6-5-10-25-15-20)11-9-19(18)13-23(28)26-14-17-7-8-21(30-2)22(12-17)31-3/h5-8,10,12,15,18-19H,4,9,11,13-14,16H2,1-3H3,(H,26,28). The number of amides is 2. The molecule has 2 amide bonds. The van der Waals surface area contributed by atoms with Gasteiger partial charge in [0.05, 0.1) is 19.8 Å². The summed E-state index contributed by atoms with van der Waals surface area (Å²) < 4.78 is 10.6. The van der Waals surface area contributed by atoms with Gasteiger partial charge in [0.15, 0.2) is 11.5 Å². The van der Waals surface area contributed by atoms with E-state index in [0.717, 1.165) is 18.4 Å². The minimum absolute atomic E-state index is 0.0166. The van der Waals surface area contributed by atoms with Gasteiger partial charge in [0.2, 0.25) is 5.91 Å². The van der Waals surface area contributed by atoms with Gasteiger partial charge in [-0.1, -0.05) is 19.4 Å². The number of aromatic nitrogens is 1. The highest BCUT2D eigenvalue weighted by molar-refractivity contribution is 5.94. The van der Waals surface area contributed by atoms with Crippen LogP contribution in [0.1, 0.15) is 42.1 Å². The fourth-order valence-electron chi connectivity index (χ4n) is 4.17. The highest BCUT2D eigenvalue weighted by Crippen LogP contribution is 2.30. The first-order valence-corrected chi connectivity index (χ1v) is 10.7. The molecule has 0 bridgehead atoms. The molecule has 1 fully saturated rings. The van der Waals surface area contributed by atoms with Crippen LogP contribution in [0.2, 0.25) is 0 Å². The van der Waals surface area contributed by atoms with Gasteiger partial charge in [-0.3, -0.25) is 14.6 Å². The van der Waals surface area contributed by atoms with Crippen molar-refractivity contribution in [3.63, 3.8) is 0 Å². The van der Waals surface area contributed by atoms with E-state index >= 15 is 0 Å². The van der Waals surface area contributed by atoms with Crippen LogP contribution in [-0.2, 0) is 11.3 Å². The molecule has 0 aliphatic carbocycles. The van der Waals surface area contributed by atoms with Gasteiger partial charge in [-0.25, -0.2) is 0 Å². The average molecular weight is 426 g/mol. The number of nitrogens with zero attached hydrogens (tertiary/aromatic N) is 2. The van der Waals surface area contributed by atoms with E-state index in [2.05, 4.69) is 17.2 Å². The van der Waals surface area contributed by atoms with Crippen molar-refractivity contribution >= 4 is 11.8 Å². The van der Waals surface area contributed by atoms with Gasteiger partial charge in [0.25, 0.3) is 5.91 Å². The summed E-state index contributed by atoms with van der Waals surface area (Å²) in [5, 5.41) is 3.02. The van der Waals surface area contributed by atoms with Crippen molar-refractivity contribution in [2.24, 2.45) is 11.8 Å². The molecule has 2 atom stereocenters. The van der Waals surface area contributed by atoms with Crippen molar-refractivity contribution in [3.8, 4) is 11.5 Å². The van der Waals surface area contributed by atoms with Crippen LogP contribution >= 0.6 is 0 Å². The molecule has 3 rings (SSSR count). The highest BCUT2D eigenvalue weighted by atomic mass is 16.5. The van der Waals surface area contributed by atoms with Crippen LogP contribution in [0.3, 0.4) is 0 Å². The maximum absolute atomic E-state index is 12.7. The number of piperidine rings is 1. The molecule has 0 spiro atoms. The zero-order valence-corrected chi connectivity index (χ0v) is 18.5. The minimum atomic E-state index is 0.0166. The Kier molecular flexibility index (Phi) is 7.87. The molecule has 7 heteroatoms. The molecule has 0 saturated carbocycles. The maximum atomic E-state index is 12.7. The topological polar surface area (TPSA) is 80.8 Å². The molecule has 1 aromatic heterocycles. The zero-order chi connectivity index (χ0) is 22.2. The summed E-state index contributed by atoms with van der Waals surface area (Å²) in [6.07, 6.45) is 5.51. The van der Waals surface area contributed by atoms with Crippen LogP contribution in [-0.4, -0.2) is 49.0 Å². The molecule has 2 heterocycles. The SMILES string of the molecule is CCC1CN(C(=O)c2cccnc2)CCC1CC(=O)NCc1ccc(OC)c(OC)c1. The lowest BCUT2D eigenvalue weighted by molar-refractivity contribution is -0.123. The Hall–Kier alpha value is -3.09. The van der Waals surface area contributed by atoms with Gasteiger partial charge in [0, 0.05) is 38.4 Å². The van der Waals surface area contributed by atoms with Crippen molar-refractivity contribution in [1.29, 1.82) is 0 Å². The lowest BCUT2D eigenvalue weighted by Crippen LogP contribution is -2.44. The minimum Gasteiger partial charge on any atom is -0.493 e. The third-order valence-corrected chi connectivity index (χ3v) is 6.00. The zero-order valence-electron chi connectivity index (χ0n) is 18.5. The van der Waals surface area contributed by atoms with Crippen LogP contribution in [0.25, 0.3) is 0 Å². The largest absolute Gasteiger partial charge is 0.493 e. The molecule has 31 heavy (non-hydrogen) atoms. The fourth-order valence-corrected chi connectivity index (χ4v) is 4.17. The summed E-state index contributed by atoms with van der Waals surface area (Å²) in [7, 11) is 3.19. The Bertz CT molecular complexity index is 888. The number of methoxy groups -OCH3 is 2. The van der Waals surface area contributed by atoms with Gasteiger partial charge >= 0.3 is 0 Å². The van der Waals surface area contributed by atoms with E-state index in [1.54, 1.807) is 38.7 Å². The third kappa shape index (κ3) is 5.75. The van der Waals surface area contributed by atoms with Gasteiger partial charge in [-0.2, -0.15) is 0 Å². The van der Waals surface area contributed by atoms with Gasteiger partial charge in [0.1, 0.15) is 0 Å². The first-order chi connectivity index (χ1) is 15.0. The van der Waals surface area contributed by atoms with E-state index in [4.69, 9.17) is 9.47 Å². The van der Waals surface area contributed by atoms with Crippen LogP contribution in [0, 0.1) is 11.8 Å². The lowest BCUT2D eigenvalue weighted by Gasteiger charge is -2.38. The van der Waals surface area contributed by atoms with Gasteiger partial charge in [-0.05, 0) is 48.1 Å². The number of hydrogen-bond donors (Lipinski definition) is 1. The van der Waals surface area contributed by atoms with Crippen molar-refractivity contribution < 1.29 is 19.1 Å². The Labute approximate surface area is 183 Å². The summed E-state index contributed by atoms with van der Waals surface area (Å²) in [6, 6.07) is 9.20. The van der Waals surface area contributed by atoms with E-state index in [1.165, 1.54) is 0 Å². The Morgan fingerprint density at radius 2 is 1.97 bits per heavy atom. The van der Waals surface area contributed by atoms with E-state index in [-0.39, 0.29) is 17.7 Å². The second-order valence-electron chi connectivity index (χ2n) is 7.88. The summed E-state index contributed by atoms with van der Waals surface area (Å²) >= 11 is 0. The summed E-state index contributed by atoms with van der Waals surface area (Å²) in [5.74, 6) is 1.93. The molecular weight excluding hydrogens is 394 g/mol. The smallest absolute Gasteiger partial charge is 0.255 e. The highest BCUT2D eigenvalue weighted by Gasteiger charge is 2.32. The number of rotatable bonds is 8. The molecule has 2 unspecified atom stereocenters. The number of likely N-dealkylation sites (tertiary alicyclic amines) is 1. The van der Waals surface area contributed by atoms with E-state index in [9.17, 15) is 9.59 Å². The monoisotopic (exact) mass is 425 g/mol. The second kappa shape index (κ2) is 10.8. The van der Waals surface area contributed by atoms with Gasteiger partial charge in [-0.15, -0.1) is 0 Å². The lowest BCUT2D eigenvalue weighted by atomic mass is 9.81. The molecule has 7 nitrogen and oxygen atoms in total. The first kappa shape index (κ1) is 22.6. The second-order valence-corrected chi connectivity index (χ2v) is 7.88. The molecule has 1 saturated heterocycles. The summed E-state index contributed by atoms with van der Waals surface area (Å²) in [6.45, 7) is 3.90. The Morgan fingerprint density at radius 1 is 1.16 bits per heavy atom. The fraction of sp³-hybridized carbons (Fsp3) is 0.458. The molecule has 1 aliphatic rings. The molecule has 2 aromatic rings. The maximum Gasteiger partial charge on any atom is 0.255 e. The number of carbonyl (C=O) groups excluding carboxylic acids is 2. The number of nitrogens with one attached hydrogen (secondary N) is 1.